The molecule has 1 aliphatic carbocycles. The van der Waals surface area contributed by atoms with Crippen molar-refractivity contribution in [1.29, 1.82) is 0 Å². The highest BCUT2D eigenvalue weighted by Gasteiger charge is 2.47. The topological polar surface area (TPSA) is 44.8 Å². The summed E-state index contributed by atoms with van der Waals surface area (Å²) < 4.78 is 15.7. The third-order valence-electron chi connectivity index (χ3n) is 3.40. The summed E-state index contributed by atoms with van der Waals surface area (Å²) in [6, 6.07) is 0. The normalized spacial score (nSPS) is 40.0. The van der Waals surface area contributed by atoms with Crippen LogP contribution in [0.1, 0.15) is 12.8 Å². The van der Waals surface area contributed by atoms with E-state index in [1.54, 1.807) is 0 Å². The molecule has 1 saturated heterocycles. The number of carbonyl (C=O) groups excluding carboxylic acids is 1. The number of ether oxygens (including phenoxy) is 1. The number of cyclic esters (lactones) is 1. The number of fused-ring (bicyclic) bond motifs is 1. The number of carbonyl (C=O) groups is 1. The van der Waals surface area contributed by atoms with Gasteiger partial charge in [-0.1, -0.05) is 0 Å². The lowest BCUT2D eigenvalue weighted by atomic mass is 9.85. The van der Waals surface area contributed by atoms with Crippen molar-refractivity contribution in [3.05, 3.63) is 0 Å². The van der Waals surface area contributed by atoms with Crippen LogP contribution < -0.4 is 0 Å². The van der Waals surface area contributed by atoms with Crippen LogP contribution in [-0.2, 0) is 15.7 Å². The predicted octanol–water partition coefficient (Wildman–Crippen LogP) is 2.29. The van der Waals surface area contributed by atoms with Crippen molar-refractivity contribution in [1.82, 2.24) is 0 Å². The SMILES string of the molecule is O=C1C[C@H]2[C@@H](CO1)C[C@@H](OI)[C@@H]2COI. The molecule has 6 heteroatoms. The van der Waals surface area contributed by atoms with E-state index >= 15 is 0 Å². The minimum atomic E-state index is -0.0798. The number of halogens is 2. The van der Waals surface area contributed by atoms with E-state index in [4.69, 9.17) is 10.9 Å². The smallest absolute Gasteiger partial charge is 0.306 e. The zero-order chi connectivity index (χ0) is 10.8. The van der Waals surface area contributed by atoms with Crippen LogP contribution in [0.2, 0.25) is 0 Å². The molecule has 4 nitrogen and oxygen atoms in total. The maximum atomic E-state index is 11.2. The number of hydrogen-bond donors (Lipinski definition) is 0. The van der Waals surface area contributed by atoms with E-state index in [1.165, 1.54) is 0 Å². The van der Waals surface area contributed by atoms with E-state index in [1.807, 2.05) is 46.0 Å². The molecule has 0 aromatic heterocycles. The highest BCUT2D eigenvalue weighted by Crippen LogP contribution is 2.44. The number of esters is 1. The van der Waals surface area contributed by atoms with Gasteiger partial charge in [0.05, 0.1) is 19.3 Å². The molecule has 1 saturated carbocycles. The number of rotatable bonds is 3. The maximum absolute atomic E-state index is 11.2. The molecule has 0 radical (unpaired) electrons. The zero-order valence-corrected chi connectivity index (χ0v) is 12.3. The highest BCUT2D eigenvalue weighted by atomic mass is 127. The summed E-state index contributed by atoms with van der Waals surface area (Å²) in [5.41, 5.74) is 0. The van der Waals surface area contributed by atoms with Crippen LogP contribution in [0.25, 0.3) is 0 Å². The van der Waals surface area contributed by atoms with Gasteiger partial charge in [-0.05, 0) is 18.3 Å². The Kier molecular flexibility index (Phi) is 4.48. The van der Waals surface area contributed by atoms with E-state index in [9.17, 15) is 4.79 Å². The van der Waals surface area contributed by atoms with Gasteiger partial charge in [0, 0.05) is 12.3 Å². The number of hydrogen-bond acceptors (Lipinski definition) is 4. The quantitative estimate of drug-likeness (QED) is 0.502. The summed E-state index contributed by atoms with van der Waals surface area (Å²) in [5.74, 6) is 1.08. The summed E-state index contributed by atoms with van der Waals surface area (Å²) in [6.45, 7) is 1.21. The van der Waals surface area contributed by atoms with Crippen molar-refractivity contribution in [2.45, 2.75) is 18.9 Å². The van der Waals surface area contributed by atoms with E-state index < -0.39 is 0 Å². The van der Waals surface area contributed by atoms with Crippen LogP contribution in [0, 0.1) is 17.8 Å². The average Bonchev–Trinajstić information content (AvgIpc) is 2.57. The Morgan fingerprint density at radius 3 is 2.93 bits per heavy atom. The Balaban J connectivity index is 2.07. The molecule has 1 heterocycles. The first kappa shape index (κ1) is 12.3. The first-order chi connectivity index (χ1) is 7.26. The molecule has 2 aliphatic rings. The molecule has 0 aromatic carbocycles. The largest absolute Gasteiger partial charge is 0.465 e. The van der Waals surface area contributed by atoms with Crippen molar-refractivity contribution in [3.8, 4) is 0 Å². The zero-order valence-electron chi connectivity index (χ0n) is 8.03. The molecule has 0 bridgehead atoms. The Bertz CT molecular complexity index is 248. The fourth-order valence-corrected chi connectivity index (χ4v) is 3.64. The average molecular weight is 438 g/mol. The van der Waals surface area contributed by atoms with Gasteiger partial charge in [-0.25, -0.2) is 0 Å². The van der Waals surface area contributed by atoms with Crippen molar-refractivity contribution in [2.24, 2.45) is 17.8 Å². The molecule has 0 amide bonds. The molecule has 0 unspecified atom stereocenters. The molecule has 2 rings (SSSR count). The molecule has 0 aromatic rings. The molecular weight excluding hydrogens is 426 g/mol. The second kappa shape index (κ2) is 5.46. The lowest BCUT2D eigenvalue weighted by Gasteiger charge is -2.28. The third-order valence-corrected chi connectivity index (χ3v) is 4.41. The lowest BCUT2D eigenvalue weighted by Crippen LogP contribution is -2.32. The minimum absolute atomic E-state index is 0.0798. The molecule has 0 N–H and O–H groups in total. The Morgan fingerprint density at radius 1 is 1.47 bits per heavy atom. The van der Waals surface area contributed by atoms with Crippen LogP contribution in [0.3, 0.4) is 0 Å². The van der Waals surface area contributed by atoms with Crippen LogP contribution in [-0.4, -0.2) is 25.3 Å². The monoisotopic (exact) mass is 438 g/mol. The van der Waals surface area contributed by atoms with Gasteiger partial charge in [-0.3, -0.25) is 4.79 Å². The Hall–Kier alpha value is 0.850. The van der Waals surface area contributed by atoms with Crippen molar-refractivity contribution in [2.75, 3.05) is 13.2 Å². The second-order valence-corrected chi connectivity index (χ2v) is 5.25. The predicted molar refractivity (Wildman–Crippen MR) is 69.5 cm³/mol. The van der Waals surface area contributed by atoms with Crippen molar-refractivity contribution >= 4 is 52.0 Å². The van der Waals surface area contributed by atoms with Crippen molar-refractivity contribution < 1.29 is 15.7 Å². The van der Waals surface area contributed by atoms with Gasteiger partial charge in [-0.15, -0.1) is 0 Å². The van der Waals surface area contributed by atoms with Gasteiger partial charge in [0.15, 0.2) is 0 Å². The van der Waals surface area contributed by atoms with E-state index in [2.05, 4.69) is 0 Å². The van der Waals surface area contributed by atoms with Gasteiger partial charge in [-0.2, -0.15) is 0 Å². The van der Waals surface area contributed by atoms with Gasteiger partial charge in [0.2, 0.25) is 0 Å². The summed E-state index contributed by atoms with van der Waals surface area (Å²) in [4.78, 5) is 11.2. The molecule has 0 spiro atoms. The second-order valence-electron chi connectivity index (χ2n) is 4.11. The first-order valence-electron chi connectivity index (χ1n) is 4.92. The molecule has 4 atom stereocenters. The maximum Gasteiger partial charge on any atom is 0.306 e. The summed E-state index contributed by atoms with van der Waals surface area (Å²) in [5, 5.41) is 0. The van der Waals surface area contributed by atoms with Gasteiger partial charge in [0.1, 0.15) is 46.0 Å². The van der Waals surface area contributed by atoms with Crippen LogP contribution >= 0.6 is 46.0 Å². The summed E-state index contributed by atoms with van der Waals surface area (Å²) in [6.07, 6.45) is 1.70. The van der Waals surface area contributed by atoms with Crippen LogP contribution in [0.15, 0.2) is 0 Å². The van der Waals surface area contributed by atoms with Crippen LogP contribution in [0.4, 0.5) is 0 Å². The fraction of sp³-hybridized carbons (Fsp3) is 0.889. The van der Waals surface area contributed by atoms with Gasteiger partial charge in [0.25, 0.3) is 0 Å². The Labute approximate surface area is 117 Å². The van der Waals surface area contributed by atoms with E-state index in [0.29, 0.717) is 37.4 Å². The molecule has 2 fully saturated rings. The summed E-state index contributed by atoms with van der Waals surface area (Å²) >= 11 is 3.84. The lowest BCUT2D eigenvalue weighted by molar-refractivity contribution is -0.152. The van der Waals surface area contributed by atoms with Crippen molar-refractivity contribution in [3.63, 3.8) is 0 Å². The van der Waals surface area contributed by atoms with E-state index in [-0.39, 0.29) is 12.1 Å². The minimum Gasteiger partial charge on any atom is -0.465 e. The standard InChI is InChI=1S/C9H12I2O4/c10-14-4-7-6-2-9(12)13-3-5(6)1-8(7)15-11/h5-8H,1-4H2/t5-,6+,7-,8-/m1/s1. The summed E-state index contributed by atoms with van der Waals surface area (Å²) in [7, 11) is 0. The van der Waals surface area contributed by atoms with Gasteiger partial charge >= 0.3 is 5.97 Å². The first-order valence-corrected chi connectivity index (χ1v) is 6.69. The molecule has 15 heavy (non-hydrogen) atoms. The Morgan fingerprint density at radius 2 is 2.27 bits per heavy atom. The fourth-order valence-electron chi connectivity index (χ4n) is 2.64. The van der Waals surface area contributed by atoms with E-state index in [0.717, 1.165) is 6.42 Å². The highest BCUT2D eigenvalue weighted by molar-refractivity contribution is 14.1. The third kappa shape index (κ3) is 2.58. The molecular formula is C9H12I2O4. The molecule has 1 aliphatic heterocycles. The molecule has 86 valence electrons. The van der Waals surface area contributed by atoms with Gasteiger partial charge < -0.3 is 10.9 Å². The van der Waals surface area contributed by atoms with Crippen LogP contribution in [0.5, 0.6) is 0 Å².